The standard InChI is InChI=1S/C22H31N5O2.HI/c1-5-29-21(28)18-10-9-13-26(15-18)22(23-4)24-14-20-16(2)25-27(17(20)3)19-11-7-6-8-12-19;/h6-8,11-12,18H,5,9-10,13-15H2,1-4H3,(H,23,24);1H. The number of carbonyl (C=O) groups excluding carboxylic acids is 1. The smallest absolute Gasteiger partial charge is 0.310 e. The molecule has 0 spiro atoms. The molecule has 1 aromatic carbocycles. The zero-order valence-electron chi connectivity index (χ0n) is 18.2. The predicted molar refractivity (Wildman–Crippen MR) is 130 cm³/mol. The number of aryl methyl sites for hydroxylation is 1. The van der Waals surface area contributed by atoms with Crippen molar-refractivity contribution < 1.29 is 9.53 Å². The lowest BCUT2D eigenvalue weighted by molar-refractivity contribution is -0.149. The van der Waals surface area contributed by atoms with Gasteiger partial charge in [0.1, 0.15) is 0 Å². The second kappa shape index (κ2) is 11.3. The van der Waals surface area contributed by atoms with Crippen molar-refractivity contribution in [3.8, 4) is 5.69 Å². The number of esters is 1. The van der Waals surface area contributed by atoms with Crippen molar-refractivity contribution in [2.75, 3.05) is 26.7 Å². The van der Waals surface area contributed by atoms with Crippen molar-refractivity contribution in [2.24, 2.45) is 10.9 Å². The van der Waals surface area contributed by atoms with E-state index in [-0.39, 0.29) is 35.9 Å². The fourth-order valence-corrected chi connectivity index (χ4v) is 3.87. The lowest BCUT2D eigenvalue weighted by Crippen LogP contribution is -2.48. The Morgan fingerprint density at radius 2 is 2.03 bits per heavy atom. The van der Waals surface area contributed by atoms with Crippen molar-refractivity contribution in [1.82, 2.24) is 20.0 Å². The van der Waals surface area contributed by atoms with E-state index in [9.17, 15) is 4.79 Å². The fourth-order valence-electron chi connectivity index (χ4n) is 3.87. The van der Waals surface area contributed by atoms with Crippen LogP contribution in [0.1, 0.15) is 36.7 Å². The number of halogens is 1. The number of aliphatic imine (C=N–C) groups is 1. The van der Waals surface area contributed by atoms with Crippen molar-refractivity contribution in [2.45, 2.75) is 40.2 Å². The number of piperidine rings is 1. The van der Waals surface area contributed by atoms with Gasteiger partial charge in [-0.15, -0.1) is 24.0 Å². The summed E-state index contributed by atoms with van der Waals surface area (Å²) >= 11 is 0. The summed E-state index contributed by atoms with van der Waals surface area (Å²) in [5.41, 5.74) is 4.32. The lowest BCUT2D eigenvalue weighted by Gasteiger charge is -2.34. The number of nitrogens with one attached hydrogen (secondary N) is 1. The third-order valence-electron chi connectivity index (χ3n) is 5.42. The molecule has 3 rings (SSSR count). The Bertz CT molecular complexity index is 866. The van der Waals surface area contributed by atoms with Crippen molar-refractivity contribution in [1.29, 1.82) is 0 Å². The minimum atomic E-state index is -0.108. The van der Waals surface area contributed by atoms with E-state index in [1.807, 2.05) is 36.7 Å². The average Bonchev–Trinajstić information content (AvgIpc) is 3.03. The number of hydrogen-bond donors (Lipinski definition) is 1. The number of hydrogen-bond acceptors (Lipinski definition) is 4. The highest BCUT2D eigenvalue weighted by molar-refractivity contribution is 14.0. The maximum atomic E-state index is 12.1. The molecule has 7 nitrogen and oxygen atoms in total. The number of para-hydroxylation sites is 1. The Hall–Kier alpha value is -2.10. The molecule has 8 heteroatoms. The van der Waals surface area contributed by atoms with E-state index >= 15 is 0 Å². The lowest BCUT2D eigenvalue weighted by atomic mass is 9.98. The number of nitrogens with zero attached hydrogens (tertiary/aromatic N) is 4. The molecule has 0 radical (unpaired) electrons. The van der Waals surface area contributed by atoms with Gasteiger partial charge in [-0.3, -0.25) is 9.79 Å². The van der Waals surface area contributed by atoms with Crippen LogP contribution < -0.4 is 5.32 Å². The quantitative estimate of drug-likeness (QED) is 0.280. The maximum Gasteiger partial charge on any atom is 0.310 e. The van der Waals surface area contributed by atoms with Crippen LogP contribution in [-0.2, 0) is 16.1 Å². The third kappa shape index (κ3) is 5.53. The van der Waals surface area contributed by atoms with Crippen LogP contribution in [0, 0.1) is 19.8 Å². The molecular formula is C22H32IN5O2. The van der Waals surface area contributed by atoms with Crippen LogP contribution in [0.15, 0.2) is 35.3 Å². The summed E-state index contributed by atoms with van der Waals surface area (Å²) in [6.45, 7) is 8.55. The monoisotopic (exact) mass is 525 g/mol. The van der Waals surface area contributed by atoms with Crippen LogP contribution in [0.5, 0.6) is 0 Å². The first-order valence-electron chi connectivity index (χ1n) is 10.3. The largest absolute Gasteiger partial charge is 0.466 e. The van der Waals surface area contributed by atoms with Gasteiger partial charge in [0.05, 0.1) is 23.9 Å². The van der Waals surface area contributed by atoms with Gasteiger partial charge < -0.3 is 15.0 Å². The van der Waals surface area contributed by atoms with Gasteiger partial charge in [0, 0.05) is 37.9 Å². The second-order valence-corrected chi connectivity index (χ2v) is 7.33. The highest BCUT2D eigenvalue weighted by atomic mass is 127. The molecule has 1 atom stereocenters. The summed E-state index contributed by atoms with van der Waals surface area (Å²) in [4.78, 5) is 18.7. The van der Waals surface area contributed by atoms with Gasteiger partial charge >= 0.3 is 5.97 Å². The van der Waals surface area contributed by atoms with E-state index in [1.54, 1.807) is 7.05 Å². The van der Waals surface area contributed by atoms with Crippen LogP contribution in [0.25, 0.3) is 5.69 Å². The number of rotatable bonds is 5. The second-order valence-electron chi connectivity index (χ2n) is 7.33. The first-order valence-corrected chi connectivity index (χ1v) is 10.3. The zero-order chi connectivity index (χ0) is 20.8. The third-order valence-corrected chi connectivity index (χ3v) is 5.42. The molecule has 1 N–H and O–H groups in total. The molecule has 0 amide bonds. The van der Waals surface area contributed by atoms with Crippen molar-refractivity contribution in [3.05, 3.63) is 47.3 Å². The Morgan fingerprint density at radius 1 is 1.30 bits per heavy atom. The SMILES string of the molecule is CCOC(=O)C1CCCN(C(=NC)NCc2c(C)nn(-c3ccccc3)c2C)C1.I. The molecule has 30 heavy (non-hydrogen) atoms. The van der Waals surface area contributed by atoms with Gasteiger partial charge in [0.15, 0.2) is 5.96 Å². The van der Waals surface area contributed by atoms with E-state index in [1.165, 1.54) is 0 Å². The number of ether oxygens (including phenoxy) is 1. The normalized spacial score (nSPS) is 16.7. The van der Waals surface area contributed by atoms with Crippen molar-refractivity contribution >= 4 is 35.9 Å². The molecule has 1 fully saturated rings. The number of likely N-dealkylation sites (tertiary alicyclic amines) is 1. The van der Waals surface area contributed by atoms with Gasteiger partial charge in [-0.2, -0.15) is 5.10 Å². The summed E-state index contributed by atoms with van der Waals surface area (Å²) in [5, 5.41) is 8.18. The molecule has 1 unspecified atom stereocenters. The van der Waals surface area contributed by atoms with Crippen LogP contribution >= 0.6 is 24.0 Å². The van der Waals surface area contributed by atoms with Crippen LogP contribution in [-0.4, -0.2) is 53.4 Å². The molecule has 1 saturated heterocycles. The van der Waals surface area contributed by atoms with Crippen LogP contribution in [0.2, 0.25) is 0 Å². The van der Waals surface area contributed by atoms with Gasteiger partial charge in [-0.05, 0) is 45.7 Å². The number of benzene rings is 1. The van der Waals surface area contributed by atoms with Crippen LogP contribution in [0.3, 0.4) is 0 Å². The first-order chi connectivity index (χ1) is 14.0. The van der Waals surface area contributed by atoms with E-state index in [0.29, 0.717) is 19.7 Å². The molecule has 2 heterocycles. The average molecular weight is 525 g/mol. The molecule has 1 aliphatic rings. The van der Waals surface area contributed by atoms with Gasteiger partial charge in [-0.1, -0.05) is 18.2 Å². The summed E-state index contributed by atoms with van der Waals surface area (Å²) in [7, 11) is 1.78. The Balaban J connectivity index is 0.00000320. The molecule has 0 saturated carbocycles. The first kappa shape index (κ1) is 24.2. The molecule has 1 aromatic heterocycles. The number of aromatic nitrogens is 2. The van der Waals surface area contributed by atoms with Gasteiger partial charge in [-0.25, -0.2) is 4.68 Å². The summed E-state index contributed by atoms with van der Waals surface area (Å²) < 4.78 is 7.19. The molecule has 0 aliphatic carbocycles. The summed E-state index contributed by atoms with van der Waals surface area (Å²) in [6, 6.07) is 10.1. The van der Waals surface area contributed by atoms with Crippen molar-refractivity contribution in [3.63, 3.8) is 0 Å². The summed E-state index contributed by atoms with van der Waals surface area (Å²) in [6.07, 6.45) is 1.82. The zero-order valence-corrected chi connectivity index (χ0v) is 20.6. The number of guanidine groups is 1. The highest BCUT2D eigenvalue weighted by Gasteiger charge is 2.28. The molecule has 1 aliphatic heterocycles. The number of carbonyl (C=O) groups is 1. The van der Waals surface area contributed by atoms with E-state index < -0.39 is 0 Å². The maximum absolute atomic E-state index is 12.1. The molecule has 0 bridgehead atoms. The van der Waals surface area contributed by atoms with Gasteiger partial charge in [0.25, 0.3) is 0 Å². The van der Waals surface area contributed by atoms with Gasteiger partial charge in [0.2, 0.25) is 0 Å². The Morgan fingerprint density at radius 3 is 2.70 bits per heavy atom. The molecule has 2 aromatic rings. The topological polar surface area (TPSA) is 71.8 Å². The Kier molecular flexibility index (Phi) is 9.13. The summed E-state index contributed by atoms with van der Waals surface area (Å²) in [5.74, 6) is 0.611. The fraction of sp³-hybridized carbons (Fsp3) is 0.500. The molecular weight excluding hydrogens is 493 g/mol. The minimum absolute atomic E-state index is 0. The van der Waals surface area contributed by atoms with E-state index in [4.69, 9.17) is 9.84 Å². The van der Waals surface area contributed by atoms with E-state index in [2.05, 4.69) is 34.3 Å². The Labute approximate surface area is 195 Å². The minimum Gasteiger partial charge on any atom is -0.466 e. The van der Waals surface area contributed by atoms with E-state index in [0.717, 1.165) is 48.0 Å². The van der Waals surface area contributed by atoms with Crippen LogP contribution in [0.4, 0.5) is 0 Å². The highest BCUT2D eigenvalue weighted by Crippen LogP contribution is 2.20. The predicted octanol–water partition coefficient (Wildman–Crippen LogP) is 3.46. The molecule has 164 valence electrons.